The first-order chi connectivity index (χ1) is 36.6. The lowest BCUT2D eigenvalue weighted by molar-refractivity contribution is -0.870. The average molecular weight is 1050 g/mol. The Balaban J connectivity index is 4.04. The number of carbonyl (C=O) groups excluding carboxylic acids is 3. The molecule has 9 nitrogen and oxygen atoms in total. The lowest BCUT2D eigenvalue weighted by Gasteiger charge is -2.26. The maximum Gasteiger partial charge on any atom is 0.306 e. The fourth-order valence-electron chi connectivity index (χ4n) is 8.68. The van der Waals surface area contributed by atoms with Crippen LogP contribution in [0.15, 0.2) is 72.9 Å². The fourth-order valence-corrected chi connectivity index (χ4v) is 8.68. The molecule has 0 aromatic rings. The van der Waals surface area contributed by atoms with Crippen LogP contribution in [0.3, 0.4) is 0 Å². The number of carboxylic acid groups (broad SMARTS) is 1. The van der Waals surface area contributed by atoms with E-state index >= 15 is 0 Å². The number of allylic oxidation sites excluding steroid dienone is 12. The molecule has 0 aromatic carbocycles. The van der Waals surface area contributed by atoms with Crippen LogP contribution in [0.4, 0.5) is 0 Å². The van der Waals surface area contributed by atoms with Gasteiger partial charge in [-0.2, -0.15) is 0 Å². The van der Waals surface area contributed by atoms with Crippen molar-refractivity contribution in [2.24, 2.45) is 0 Å². The van der Waals surface area contributed by atoms with E-state index in [2.05, 4.69) is 86.8 Å². The maximum atomic E-state index is 12.8. The van der Waals surface area contributed by atoms with Gasteiger partial charge in [-0.3, -0.25) is 9.59 Å². The Kier molecular flexibility index (Phi) is 54.4. The molecular weight excluding hydrogens is 935 g/mol. The summed E-state index contributed by atoms with van der Waals surface area (Å²) in [7, 11) is 5.91. The minimum Gasteiger partial charge on any atom is -0.545 e. The summed E-state index contributed by atoms with van der Waals surface area (Å²) in [5.41, 5.74) is 0. The molecule has 75 heavy (non-hydrogen) atoms. The topological polar surface area (TPSA) is 111 Å². The number of nitrogens with zero attached hydrogens (tertiary/aromatic N) is 1. The fraction of sp³-hybridized carbons (Fsp3) is 0.773. The second kappa shape index (κ2) is 56.9. The standard InChI is InChI=1S/C66H117NO8/c1-6-8-10-12-14-16-18-20-22-23-24-25-26-27-28-29-30-31-32-33-34-35-36-37-38-39-40-41-43-44-46-48-50-52-54-56-63(68)73-60-62(61-74-66(65(70)71)72-59-58-67(3,4)5)75-64(69)57-55-53-51-49-47-45-42-21-19-17-15-13-11-9-7-2/h9,11,15,17-18,20-21,23-24,42,47,49,62,66H,6-8,10,12-14,16,19,22,25-41,43-46,48,50-61H2,1-5H3/b11-9-,17-15-,20-18-,24-23-,42-21-,49-47-. The summed E-state index contributed by atoms with van der Waals surface area (Å²) >= 11 is 0. The smallest absolute Gasteiger partial charge is 0.306 e. The highest BCUT2D eigenvalue weighted by molar-refractivity contribution is 5.70. The van der Waals surface area contributed by atoms with Crippen LogP contribution in [-0.4, -0.2) is 82.3 Å². The number of esters is 2. The number of unbranched alkanes of at least 4 members (excludes halogenated alkanes) is 30. The van der Waals surface area contributed by atoms with Crippen molar-refractivity contribution in [1.82, 2.24) is 0 Å². The van der Waals surface area contributed by atoms with Crippen molar-refractivity contribution in [2.75, 3.05) is 47.5 Å². The van der Waals surface area contributed by atoms with Gasteiger partial charge in [-0.05, 0) is 83.5 Å². The van der Waals surface area contributed by atoms with Gasteiger partial charge in [0.1, 0.15) is 13.2 Å². The number of carboxylic acids is 1. The van der Waals surface area contributed by atoms with Crippen molar-refractivity contribution in [1.29, 1.82) is 0 Å². The molecule has 0 bridgehead atoms. The molecule has 0 radical (unpaired) electrons. The van der Waals surface area contributed by atoms with Crippen LogP contribution < -0.4 is 5.11 Å². The van der Waals surface area contributed by atoms with E-state index in [1.54, 1.807) is 0 Å². The van der Waals surface area contributed by atoms with Crippen molar-refractivity contribution >= 4 is 17.9 Å². The van der Waals surface area contributed by atoms with E-state index in [0.29, 0.717) is 17.4 Å². The first kappa shape index (κ1) is 71.7. The number of likely N-dealkylation sites (N-methyl/N-ethyl adjacent to an activating group) is 1. The van der Waals surface area contributed by atoms with E-state index in [1.807, 2.05) is 21.1 Å². The monoisotopic (exact) mass is 1050 g/mol. The lowest BCUT2D eigenvalue weighted by Crippen LogP contribution is -2.44. The van der Waals surface area contributed by atoms with Gasteiger partial charge in [-0.1, -0.05) is 247 Å². The van der Waals surface area contributed by atoms with Crippen LogP contribution >= 0.6 is 0 Å². The molecule has 0 heterocycles. The third-order valence-electron chi connectivity index (χ3n) is 13.4. The summed E-state index contributed by atoms with van der Waals surface area (Å²) in [6, 6.07) is 0. The van der Waals surface area contributed by atoms with Crippen molar-refractivity contribution in [3.63, 3.8) is 0 Å². The molecule has 0 aromatic heterocycles. The molecule has 9 heteroatoms. The van der Waals surface area contributed by atoms with Gasteiger partial charge in [0, 0.05) is 12.8 Å². The SMILES string of the molecule is CC/C=C\C/C=C\C/C=C\C/C=C\CCCCC(=O)OC(COC(=O)CCCCCCCCCCCCCCCCCCCCCCCCC/C=C\C/C=C\CCCCCCC)COC(OCC[N+](C)(C)C)C(=O)[O-]. The minimum absolute atomic E-state index is 0.138. The van der Waals surface area contributed by atoms with Gasteiger partial charge in [0.2, 0.25) is 0 Å². The number of aliphatic carboxylic acids is 1. The maximum absolute atomic E-state index is 12.8. The number of hydrogen-bond donors (Lipinski definition) is 0. The first-order valence-corrected chi connectivity index (χ1v) is 31.1. The molecule has 0 spiro atoms. The van der Waals surface area contributed by atoms with E-state index in [0.717, 1.165) is 64.2 Å². The molecule has 0 saturated heterocycles. The van der Waals surface area contributed by atoms with E-state index in [4.69, 9.17) is 18.9 Å². The molecule has 0 saturated carbocycles. The van der Waals surface area contributed by atoms with Crippen LogP contribution in [0.5, 0.6) is 0 Å². The largest absolute Gasteiger partial charge is 0.545 e. The second-order valence-corrected chi connectivity index (χ2v) is 22.0. The van der Waals surface area contributed by atoms with Crippen molar-refractivity contribution < 1.29 is 42.9 Å². The van der Waals surface area contributed by atoms with Gasteiger partial charge < -0.3 is 33.3 Å². The summed E-state index contributed by atoms with van der Waals surface area (Å²) in [6.07, 6.45) is 71.4. The van der Waals surface area contributed by atoms with Crippen molar-refractivity contribution in [3.8, 4) is 0 Å². The van der Waals surface area contributed by atoms with Gasteiger partial charge in [0.25, 0.3) is 0 Å². The number of hydrogen-bond acceptors (Lipinski definition) is 8. The molecule has 0 aliphatic heterocycles. The van der Waals surface area contributed by atoms with Gasteiger partial charge in [0.15, 0.2) is 12.4 Å². The molecular formula is C66H117NO8. The summed E-state index contributed by atoms with van der Waals surface area (Å²) in [5, 5.41) is 11.8. The number of rotatable bonds is 57. The Bertz CT molecular complexity index is 1460. The highest BCUT2D eigenvalue weighted by Gasteiger charge is 2.22. The molecule has 0 amide bonds. The van der Waals surface area contributed by atoms with Gasteiger partial charge in [-0.25, -0.2) is 0 Å². The van der Waals surface area contributed by atoms with Gasteiger partial charge in [0.05, 0.1) is 40.3 Å². The lowest BCUT2D eigenvalue weighted by atomic mass is 10.0. The normalized spacial score (nSPS) is 13.2. The molecule has 2 unspecified atom stereocenters. The zero-order chi connectivity index (χ0) is 54.8. The Morgan fingerprint density at radius 2 is 0.760 bits per heavy atom. The van der Waals surface area contributed by atoms with Gasteiger partial charge >= 0.3 is 11.9 Å². The Morgan fingerprint density at radius 3 is 1.16 bits per heavy atom. The summed E-state index contributed by atoms with van der Waals surface area (Å²) in [6.45, 7) is 4.59. The quantitative estimate of drug-likeness (QED) is 0.0195. The molecule has 0 aliphatic rings. The summed E-state index contributed by atoms with van der Waals surface area (Å²) in [4.78, 5) is 37.2. The van der Waals surface area contributed by atoms with E-state index < -0.39 is 24.3 Å². The Labute approximate surface area is 462 Å². The molecule has 2 atom stereocenters. The van der Waals surface area contributed by atoms with E-state index in [9.17, 15) is 19.5 Å². The van der Waals surface area contributed by atoms with Crippen LogP contribution in [0.1, 0.15) is 271 Å². The average Bonchev–Trinajstić information content (AvgIpc) is 3.38. The first-order valence-electron chi connectivity index (χ1n) is 31.1. The molecule has 0 aliphatic carbocycles. The van der Waals surface area contributed by atoms with Gasteiger partial charge in [-0.15, -0.1) is 0 Å². The summed E-state index contributed by atoms with van der Waals surface area (Å²) < 4.78 is 22.6. The number of quaternary nitrogens is 1. The highest BCUT2D eigenvalue weighted by Crippen LogP contribution is 2.17. The zero-order valence-corrected chi connectivity index (χ0v) is 49.4. The van der Waals surface area contributed by atoms with Crippen molar-refractivity contribution in [3.05, 3.63) is 72.9 Å². The van der Waals surface area contributed by atoms with Crippen LogP contribution in [0.2, 0.25) is 0 Å². The Morgan fingerprint density at radius 1 is 0.413 bits per heavy atom. The molecule has 434 valence electrons. The minimum atomic E-state index is -1.63. The number of ether oxygens (including phenoxy) is 4. The van der Waals surface area contributed by atoms with E-state index in [1.165, 1.54) is 173 Å². The van der Waals surface area contributed by atoms with Crippen LogP contribution in [0.25, 0.3) is 0 Å². The molecule has 0 N–H and O–H groups in total. The second-order valence-electron chi connectivity index (χ2n) is 22.0. The third kappa shape index (κ3) is 58.3. The molecule has 0 rings (SSSR count). The van der Waals surface area contributed by atoms with Crippen LogP contribution in [0, 0.1) is 0 Å². The van der Waals surface area contributed by atoms with Crippen LogP contribution in [-0.2, 0) is 33.3 Å². The van der Waals surface area contributed by atoms with Crippen molar-refractivity contribution in [2.45, 2.75) is 283 Å². The third-order valence-corrected chi connectivity index (χ3v) is 13.4. The highest BCUT2D eigenvalue weighted by atomic mass is 16.7. The zero-order valence-electron chi connectivity index (χ0n) is 49.4. The predicted molar refractivity (Wildman–Crippen MR) is 315 cm³/mol. The molecule has 0 fully saturated rings. The Hall–Kier alpha value is -3.27. The summed E-state index contributed by atoms with van der Waals surface area (Å²) in [5.74, 6) is -2.34. The predicted octanol–water partition coefficient (Wildman–Crippen LogP) is 17.2. The number of carbonyl (C=O) groups is 3. The van der Waals surface area contributed by atoms with E-state index in [-0.39, 0.29) is 38.6 Å².